The van der Waals surface area contributed by atoms with Crippen LogP contribution in [0.4, 0.5) is 5.69 Å². The zero-order valence-corrected chi connectivity index (χ0v) is 14.4. The van der Waals surface area contributed by atoms with E-state index in [-0.39, 0.29) is 20.2 Å². The molecule has 1 atom stereocenters. The first kappa shape index (κ1) is 18.3. The number of sulfonamides is 1. The van der Waals surface area contributed by atoms with Crippen LogP contribution in [0, 0.1) is 16.0 Å². The van der Waals surface area contributed by atoms with Crippen molar-refractivity contribution >= 4 is 38.6 Å². The van der Waals surface area contributed by atoms with Gasteiger partial charge in [0, 0.05) is 12.6 Å². The number of thiophene rings is 1. The summed E-state index contributed by atoms with van der Waals surface area (Å²) in [6, 6.07) is 1.00. The van der Waals surface area contributed by atoms with E-state index < -0.39 is 14.9 Å². The van der Waals surface area contributed by atoms with Gasteiger partial charge in [0.25, 0.3) is 5.69 Å². The minimum Gasteiger partial charge on any atom is -0.258 e. The topological polar surface area (TPSA) is 89.3 Å². The summed E-state index contributed by atoms with van der Waals surface area (Å²) in [5.41, 5.74) is -0.375. The second kappa shape index (κ2) is 8.07. The van der Waals surface area contributed by atoms with E-state index in [1.165, 1.54) is 0 Å². The number of nitrogens with one attached hydrogen (secondary N) is 1. The monoisotopic (exact) mass is 354 g/mol. The lowest BCUT2D eigenvalue weighted by atomic mass is 10.00. The molecule has 1 unspecified atom stereocenters. The van der Waals surface area contributed by atoms with E-state index in [0.717, 1.165) is 31.7 Å². The van der Waals surface area contributed by atoms with Crippen molar-refractivity contribution in [1.82, 2.24) is 4.72 Å². The van der Waals surface area contributed by atoms with Gasteiger partial charge >= 0.3 is 0 Å². The van der Waals surface area contributed by atoms with Gasteiger partial charge in [0.05, 0.1) is 4.92 Å². The minimum absolute atomic E-state index is 0.121. The van der Waals surface area contributed by atoms with Gasteiger partial charge in [0.1, 0.15) is 4.21 Å². The smallest absolute Gasteiger partial charge is 0.258 e. The molecule has 0 aliphatic carbocycles. The first-order valence-electron chi connectivity index (χ1n) is 6.75. The molecule has 0 aromatic carbocycles. The number of nitro groups is 1. The van der Waals surface area contributed by atoms with Crippen LogP contribution < -0.4 is 4.72 Å². The second-order valence-corrected chi connectivity index (χ2v) is 8.40. The number of rotatable bonds is 9. The van der Waals surface area contributed by atoms with Gasteiger partial charge in [-0.2, -0.15) is 0 Å². The van der Waals surface area contributed by atoms with Crippen molar-refractivity contribution in [1.29, 1.82) is 0 Å². The van der Waals surface area contributed by atoms with Crippen LogP contribution >= 0.6 is 22.9 Å². The fourth-order valence-corrected chi connectivity index (χ4v) is 4.66. The molecule has 1 rings (SSSR count). The van der Waals surface area contributed by atoms with Gasteiger partial charge < -0.3 is 0 Å². The van der Waals surface area contributed by atoms with Crippen molar-refractivity contribution < 1.29 is 13.3 Å². The van der Waals surface area contributed by atoms with Gasteiger partial charge in [-0.25, -0.2) is 13.1 Å². The van der Waals surface area contributed by atoms with Gasteiger partial charge in [-0.05, 0) is 12.3 Å². The summed E-state index contributed by atoms with van der Waals surface area (Å²) in [5, 5.41) is 10.7. The van der Waals surface area contributed by atoms with Crippen LogP contribution in [-0.2, 0) is 10.0 Å². The lowest BCUT2D eigenvalue weighted by Gasteiger charge is -2.14. The summed E-state index contributed by atoms with van der Waals surface area (Å²) >= 11 is 6.39. The maximum atomic E-state index is 12.1. The highest BCUT2D eigenvalue weighted by atomic mass is 35.5. The number of unbranched alkanes of at least 4 members (excludes halogenated alkanes) is 1. The summed E-state index contributed by atoms with van der Waals surface area (Å²) < 4.78 is 26.5. The largest absolute Gasteiger partial charge is 0.300 e. The molecule has 9 heteroatoms. The Morgan fingerprint density at radius 3 is 2.62 bits per heavy atom. The van der Waals surface area contributed by atoms with Gasteiger partial charge in [0.15, 0.2) is 4.34 Å². The number of hydrogen-bond acceptors (Lipinski definition) is 5. The van der Waals surface area contributed by atoms with Crippen LogP contribution in [-0.4, -0.2) is 19.9 Å². The zero-order chi connectivity index (χ0) is 16.0. The average molecular weight is 355 g/mol. The predicted molar refractivity (Wildman–Crippen MR) is 84.5 cm³/mol. The molecule has 0 aliphatic heterocycles. The fraction of sp³-hybridized carbons (Fsp3) is 0.667. The third-order valence-corrected chi connectivity index (χ3v) is 6.45. The molecule has 0 saturated heterocycles. The summed E-state index contributed by atoms with van der Waals surface area (Å²) in [6.45, 7) is 4.44. The van der Waals surface area contributed by atoms with Gasteiger partial charge in [-0.15, -0.1) is 11.3 Å². The van der Waals surface area contributed by atoms with Gasteiger partial charge in [0.2, 0.25) is 10.0 Å². The highest BCUT2D eigenvalue weighted by molar-refractivity contribution is 7.91. The highest BCUT2D eigenvalue weighted by Crippen LogP contribution is 2.36. The second-order valence-electron chi connectivity index (χ2n) is 4.75. The molecule has 0 saturated carbocycles. The quantitative estimate of drug-likeness (QED) is 0.539. The van der Waals surface area contributed by atoms with E-state index in [4.69, 9.17) is 11.6 Å². The van der Waals surface area contributed by atoms with Gasteiger partial charge in [-0.3, -0.25) is 10.1 Å². The third kappa shape index (κ3) is 5.21. The predicted octanol–water partition coefficient (Wildman–Crippen LogP) is 3.80. The van der Waals surface area contributed by atoms with Crippen molar-refractivity contribution in [3.05, 3.63) is 20.5 Å². The van der Waals surface area contributed by atoms with Crippen LogP contribution in [0.3, 0.4) is 0 Å². The zero-order valence-electron chi connectivity index (χ0n) is 12.0. The Morgan fingerprint density at radius 2 is 2.14 bits per heavy atom. The molecular weight excluding hydrogens is 336 g/mol. The first-order valence-corrected chi connectivity index (χ1v) is 9.43. The molecule has 1 aromatic heterocycles. The van der Waals surface area contributed by atoms with E-state index in [1.54, 1.807) is 0 Å². The maximum Gasteiger partial charge on any atom is 0.300 e. The van der Waals surface area contributed by atoms with Crippen molar-refractivity contribution in [2.75, 3.05) is 6.54 Å². The van der Waals surface area contributed by atoms with Crippen molar-refractivity contribution in [2.24, 2.45) is 5.92 Å². The van der Waals surface area contributed by atoms with Crippen molar-refractivity contribution in [3.63, 3.8) is 0 Å². The molecule has 1 N–H and O–H groups in total. The van der Waals surface area contributed by atoms with Crippen molar-refractivity contribution in [2.45, 2.75) is 43.7 Å². The lowest BCUT2D eigenvalue weighted by molar-refractivity contribution is -0.384. The summed E-state index contributed by atoms with van der Waals surface area (Å²) in [5.74, 6) is 0.269. The Morgan fingerprint density at radius 1 is 1.48 bits per heavy atom. The molecule has 21 heavy (non-hydrogen) atoms. The van der Waals surface area contributed by atoms with Crippen LogP contribution in [0.2, 0.25) is 4.34 Å². The van der Waals surface area contributed by atoms with E-state index >= 15 is 0 Å². The first-order chi connectivity index (χ1) is 9.81. The van der Waals surface area contributed by atoms with E-state index in [9.17, 15) is 18.5 Å². The van der Waals surface area contributed by atoms with E-state index in [2.05, 4.69) is 11.6 Å². The van der Waals surface area contributed by atoms with E-state index in [1.807, 2.05) is 6.92 Å². The van der Waals surface area contributed by atoms with Gasteiger partial charge in [-0.1, -0.05) is 44.7 Å². The standard InChI is InChI=1S/C12H19ClN2O4S2/c1-3-5-6-9(4-2)8-14-21(18,19)11-7-10(15(16)17)12(13)20-11/h7,9,14H,3-6,8H2,1-2H3. The number of nitrogens with zero attached hydrogens (tertiary/aromatic N) is 1. The molecule has 0 aliphatic rings. The van der Waals surface area contributed by atoms with Crippen LogP contribution in [0.25, 0.3) is 0 Å². The van der Waals surface area contributed by atoms with Crippen molar-refractivity contribution in [3.8, 4) is 0 Å². The third-order valence-electron chi connectivity index (χ3n) is 3.21. The molecule has 0 bridgehead atoms. The summed E-state index contributed by atoms with van der Waals surface area (Å²) in [7, 11) is -3.75. The number of halogens is 1. The Labute approximate surface area is 133 Å². The SMILES string of the molecule is CCCCC(CC)CNS(=O)(=O)c1cc([N+](=O)[O-])c(Cl)s1. The summed E-state index contributed by atoms with van der Waals surface area (Å²) in [6.07, 6.45) is 3.96. The molecule has 0 spiro atoms. The highest BCUT2D eigenvalue weighted by Gasteiger charge is 2.25. The van der Waals surface area contributed by atoms with Crippen LogP contribution in [0.1, 0.15) is 39.5 Å². The number of hydrogen-bond donors (Lipinski definition) is 1. The normalized spacial score (nSPS) is 13.3. The Hall–Kier alpha value is -0.700. The Bertz CT molecular complexity index is 586. The molecular formula is C12H19ClN2O4S2. The molecule has 0 radical (unpaired) electrons. The van der Waals surface area contributed by atoms with E-state index in [0.29, 0.717) is 17.9 Å². The Balaban J connectivity index is 2.77. The minimum atomic E-state index is -3.75. The van der Waals surface area contributed by atoms with Crippen LogP contribution in [0.5, 0.6) is 0 Å². The fourth-order valence-electron chi connectivity index (χ4n) is 1.84. The molecule has 0 fully saturated rings. The molecule has 1 heterocycles. The molecule has 120 valence electrons. The van der Waals surface area contributed by atoms with Crippen LogP contribution in [0.15, 0.2) is 10.3 Å². The average Bonchev–Trinajstić information content (AvgIpc) is 2.82. The molecule has 6 nitrogen and oxygen atoms in total. The maximum absolute atomic E-state index is 12.1. The Kier molecular flexibility index (Phi) is 7.05. The summed E-state index contributed by atoms with van der Waals surface area (Å²) in [4.78, 5) is 10.0. The lowest BCUT2D eigenvalue weighted by Crippen LogP contribution is -2.28. The molecule has 0 amide bonds. The molecule has 1 aromatic rings.